The third-order valence-electron chi connectivity index (χ3n) is 2.86. The Morgan fingerprint density at radius 2 is 2.22 bits per heavy atom. The standard InChI is InChI=1S/C13H11BrN2OS/c14-9-5-10(18-8-9)7-16-12-4-2-1-3-11(12)15-6-13(16)17/h1-5,8,15H,6-7H2. The summed E-state index contributed by atoms with van der Waals surface area (Å²) in [5.74, 6) is 0.109. The Bertz CT molecular complexity index is 596. The molecule has 1 amide bonds. The maximum Gasteiger partial charge on any atom is 0.246 e. The molecule has 0 fully saturated rings. The number of para-hydroxylation sites is 2. The van der Waals surface area contributed by atoms with E-state index in [1.54, 1.807) is 11.3 Å². The fraction of sp³-hybridized carbons (Fsp3) is 0.154. The molecule has 0 atom stereocenters. The molecule has 0 saturated carbocycles. The van der Waals surface area contributed by atoms with Crippen LogP contribution in [0.1, 0.15) is 4.88 Å². The molecule has 0 aliphatic carbocycles. The van der Waals surface area contributed by atoms with E-state index in [0.29, 0.717) is 13.1 Å². The number of amides is 1. The fourth-order valence-corrected chi connectivity index (χ4v) is 3.46. The van der Waals surface area contributed by atoms with Gasteiger partial charge in [-0.05, 0) is 34.1 Å². The fourth-order valence-electron chi connectivity index (χ4n) is 2.03. The zero-order chi connectivity index (χ0) is 12.5. The van der Waals surface area contributed by atoms with Gasteiger partial charge in [0.15, 0.2) is 0 Å². The molecule has 18 heavy (non-hydrogen) atoms. The predicted octanol–water partition coefficient (Wildman–Crippen LogP) is 3.47. The van der Waals surface area contributed by atoms with Gasteiger partial charge in [0.25, 0.3) is 0 Å². The number of hydrogen-bond acceptors (Lipinski definition) is 3. The van der Waals surface area contributed by atoms with Gasteiger partial charge in [0.2, 0.25) is 5.91 Å². The first-order chi connectivity index (χ1) is 8.74. The molecule has 1 aromatic carbocycles. The molecule has 0 saturated heterocycles. The van der Waals surface area contributed by atoms with Crippen molar-refractivity contribution in [3.8, 4) is 0 Å². The number of carbonyl (C=O) groups excluding carboxylic acids is 1. The maximum atomic E-state index is 12.0. The first-order valence-corrected chi connectivity index (χ1v) is 7.27. The summed E-state index contributed by atoms with van der Waals surface area (Å²) in [6, 6.07) is 9.96. The zero-order valence-electron chi connectivity index (χ0n) is 9.52. The number of thiophene rings is 1. The monoisotopic (exact) mass is 322 g/mol. The van der Waals surface area contributed by atoms with E-state index in [9.17, 15) is 4.79 Å². The van der Waals surface area contributed by atoms with Gasteiger partial charge in [-0.1, -0.05) is 12.1 Å². The van der Waals surface area contributed by atoms with Gasteiger partial charge in [-0.25, -0.2) is 0 Å². The second-order valence-corrected chi connectivity index (χ2v) is 5.99. The van der Waals surface area contributed by atoms with E-state index >= 15 is 0 Å². The van der Waals surface area contributed by atoms with Crippen LogP contribution in [0.2, 0.25) is 0 Å². The largest absolute Gasteiger partial charge is 0.374 e. The zero-order valence-corrected chi connectivity index (χ0v) is 11.9. The van der Waals surface area contributed by atoms with Crippen LogP contribution in [0.4, 0.5) is 11.4 Å². The summed E-state index contributed by atoms with van der Waals surface area (Å²) in [4.78, 5) is 15.0. The summed E-state index contributed by atoms with van der Waals surface area (Å²) in [5, 5.41) is 5.17. The van der Waals surface area contributed by atoms with Crippen molar-refractivity contribution in [3.63, 3.8) is 0 Å². The van der Waals surface area contributed by atoms with E-state index in [1.807, 2.05) is 34.5 Å². The molecule has 2 aromatic rings. The molecule has 0 bridgehead atoms. The molecule has 0 radical (unpaired) electrons. The minimum absolute atomic E-state index is 0.109. The lowest BCUT2D eigenvalue weighted by Gasteiger charge is -2.29. The van der Waals surface area contributed by atoms with Crippen molar-refractivity contribution < 1.29 is 4.79 Å². The van der Waals surface area contributed by atoms with Crippen molar-refractivity contribution in [2.24, 2.45) is 0 Å². The van der Waals surface area contributed by atoms with Crippen molar-refractivity contribution in [1.82, 2.24) is 0 Å². The number of nitrogens with zero attached hydrogens (tertiary/aromatic N) is 1. The van der Waals surface area contributed by atoms with Crippen molar-refractivity contribution in [2.75, 3.05) is 16.8 Å². The molecule has 1 aromatic heterocycles. The van der Waals surface area contributed by atoms with Gasteiger partial charge in [-0.15, -0.1) is 11.3 Å². The van der Waals surface area contributed by atoms with E-state index in [2.05, 4.69) is 27.3 Å². The minimum atomic E-state index is 0.109. The highest BCUT2D eigenvalue weighted by Crippen LogP contribution is 2.31. The number of benzene rings is 1. The topological polar surface area (TPSA) is 32.3 Å². The van der Waals surface area contributed by atoms with Crippen LogP contribution in [-0.2, 0) is 11.3 Å². The predicted molar refractivity (Wildman–Crippen MR) is 78.1 cm³/mol. The second kappa shape index (κ2) is 4.74. The van der Waals surface area contributed by atoms with Crippen molar-refractivity contribution in [2.45, 2.75) is 6.54 Å². The van der Waals surface area contributed by atoms with Crippen LogP contribution < -0.4 is 10.2 Å². The molecule has 0 unspecified atom stereocenters. The average molecular weight is 323 g/mol. The van der Waals surface area contributed by atoms with Gasteiger partial charge >= 0.3 is 0 Å². The highest BCUT2D eigenvalue weighted by Gasteiger charge is 2.23. The summed E-state index contributed by atoms with van der Waals surface area (Å²) >= 11 is 5.10. The van der Waals surface area contributed by atoms with Crippen LogP contribution in [0.3, 0.4) is 0 Å². The number of halogens is 1. The second-order valence-electron chi connectivity index (χ2n) is 4.08. The lowest BCUT2D eigenvalue weighted by molar-refractivity contribution is -0.117. The molecule has 3 rings (SSSR count). The third-order valence-corrected chi connectivity index (χ3v) is 4.54. The third kappa shape index (κ3) is 2.15. The molecule has 2 heterocycles. The van der Waals surface area contributed by atoms with Gasteiger partial charge < -0.3 is 10.2 Å². The molecule has 1 aliphatic heterocycles. The Hall–Kier alpha value is -1.33. The SMILES string of the molecule is O=C1CNc2ccccc2N1Cc1cc(Br)cs1. The highest BCUT2D eigenvalue weighted by molar-refractivity contribution is 9.10. The summed E-state index contributed by atoms with van der Waals surface area (Å²) in [6.07, 6.45) is 0. The van der Waals surface area contributed by atoms with Gasteiger partial charge in [0.1, 0.15) is 0 Å². The Morgan fingerprint density at radius 1 is 1.39 bits per heavy atom. The maximum absolute atomic E-state index is 12.0. The lowest BCUT2D eigenvalue weighted by atomic mass is 10.2. The Kier molecular flexibility index (Phi) is 3.09. The number of nitrogens with one attached hydrogen (secondary N) is 1. The number of hydrogen-bond donors (Lipinski definition) is 1. The van der Waals surface area contributed by atoms with Gasteiger partial charge in [0, 0.05) is 14.7 Å². The minimum Gasteiger partial charge on any atom is -0.374 e. The van der Waals surface area contributed by atoms with E-state index in [4.69, 9.17) is 0 Å². The van der Waals surface area contributed by atoms with E-state index in [-0.39, 0.29) is 5.91 Å². The van der Waals surface area contributed by atoms with Crippen LogP contribution in [0.5, 0.6) is 0 Å². The summed E-state index contributed by atoms with van der Waals surface area (Å²) in [6.45, 7) is 0.997. The van der Waals surface area contributed by atoms with Crippen LogP contribution in [0, 0.1) is 0 Å². The van der Waals surface area contributed by atoms with Crippen molar-refractivity contribution >= 4 is 44.5 Å². The number of fused-ring (bicyclic) bond motifs is 1. The molecule has 1 N–H and O–H groups in total. The molecule has 5 heteroatoms. The van der Waals surface area contributed by atoms with E-state index < -0.39 is 0 Å². The van der Waals surface area contributed by atoms with Crippen LogP contribution in [0.25, 0.3) is 0 Å². The van der Waals surface area contributed by atoms with Gasteiger partial charge in [-0.3, -0.25) is 4.79 Å². The van der Waals surface area contributed by atoms with Crippen LogP contribution >= 0.6 is 27.3 Å². The Morgan fingerprint density at radius 3 is 3.00 bits per heavy atom. The summed E-state index contributed by atoms with van der Waals surface area (Å²) in [7, 11) is 0. The highest BCUT2D eigenvalue weighted by atomic mass is 79.9. The molecule has 92 valence electrons. The van der Waals surface area contributed by atoms with Crippen LogP contribution in [0.15, 0.2) is 40.2 Å². The smallest absolute Gasteiger partial charge is 0.246 e. The number of rotatable bonds is 2. The number of anilines is 2. The summed E-state index contributed by atoms with van der Waals surface area (Å²) in [5.41, 5.74) is 1.98. The van der Waals surface area contributed by atoms with Crippen LogP contribution in [-0.4, -0.2) is 12.5 Å². The molecule has 0 spiro atoms. The molecular formula is C13H11BrN2OS. The van der Waals surface area contributed by atoms with E-state index in [0.717, 1.165) is 15.8 Å². The van der Waals surface area contributed by atoms with Gasteiger partial charge in [-0.2, -0.15) is 0 Å². The quantitative estimate of drug-likeness (QED) is 0.918. The summed E-state index contributed by atoms with van der Waals surface area (Å²) < 4.78 is 1.07. The number of carbonyl (C=O) groups is 1. The molecule has 1 aliphatic rings. The lowest BCUT2D eigenvalue weighted by Crippen LogP contribution is -2.39. The average Bonchev–Trinajstić information content (AvgIpc) is 2.79. The molecular weight excluding hydrogens is 312 g/mol. The van der Waals surface area contributed by atoms with Crippen molar-refractivity contribution in [3.05, 3.63) is 45.1 Å². The Balaban J connectivity index is 1.93. The Labute approximate surface area is 118 Å². The first-order valence-electron chi connectivity index (χ1n) is 5.60. The molecule has 3 nitrogen and oxygen atoms in total. The normalized spacial score (nSPS) is 14.3. The van der Waals surface area contributed by atoms with Gasteiger partial charge in [0.05, 0.1) is 24.5 Å². The van der Waals surface area contributed by atoms with E-state index in [1.165, 1.54) is 4.88 Å². The first kappa shape index (κ1) is 11.7. The van der Waals surface area contributed by atoms with Crippen molar-refractivity contribution in [1.29, 1.82) is 0 Å².